The zero-order valence-corrected chi connectivity index (χ0v) is 14.1. The van der Waals surface area contributed by atoms with Gasteiger partial charge in [0.05, 0.1) is 16.7 Å². The van der Waals surface area contributed by atoms with Crippen molar-refractivity contribution in [2.45, 2.75) is 25.6 Å². The summed E-state index contributed by atoms with van der Waals surface area (Å²) < 4.78 is 42.9. The van der Waals surface area contributed by atoms with E-state index in [4.69, 9.17) is 10.5 Å². The number of nitrogens with two attached hydrogens (primary N) is 1. The molecule has 0 radical (unpaired) electrons. The molecule has 2 rings (SSSR count). The smallest absolute Gasteiger partial charge is 0.416 e. The summed E-state index contributed by atoms with van der Waals surface area (Å²) in [5.41, 5.74) is 3.97. The Balaban J connectivity index is 2.27. The monoisotopic (exact) mass is 366 g/mol. The van der Waals surface area contributed by atoms with E-state index in [9.17, 15) is 22.8 Å². The van der Waals surface area contributed by atoms with Crippen molar-refractivity contribution in [2.24, 2.45) is 5.73 Å². The number of primary amides is 1. The van der Waals surface area contributed by atoms with Crippen LogP contribution < -0.4 is 15.8 Å². The Morgan fingerprint density at radius 2 is 1.58 bits per heavy atom. The molecule has 2 aromatic rings. The highest BCUT2D eigenvalue weighted by molar-refractivity contribution is 5.93. The van der Waals surface area contributed by atoms with E-state index in [2.05, 4.69) is 5.32 Å². The van der Waals surface area contributed by atoms with Gasteiger partial charge < -0.3 is 15.8 Å². The summed E-state index contributed by atoms with van der Waals surface area (Å²) in [5, 5.41) is 2.52. The van der Waals surface area contributed by atoms with Crippen LogP contribution in [0.25, 0.3) is 0 Å². The van der Waals surface area contributed by atoms with Gasteiger partial charge in [-0.25, -0.2) is 9.59 Å². The van der Waals surface area contributed by atoms with Gasteiger partial charge in [0.25, 0.3) is 0 Å². The lowest BCUT2D eigenvalue weighted by Gasteiger charge is -2.27. The summed E-state index contributed by atoms with van der Waals surface area (Å²) >= 11 is 0. The van der Waals surface area contributed by atoms with Crippen LogP contribution in [0.15, 0.2) is 48.5 Å². The summed E-state index contributed by atoms with van der Waals surface area (Å²) in [6.45, 7) is 3.31. The Bertz CT molecular complexity index is 815. The third-order valence-electron chi connectivity index (χ3n) is 3.65. The van der Waals surface area contributed by atoms with Crippen molar-refractivity contribution in [1.82, 2.24) is 5.32 Å². The average Bonchev–Trinajstić information content (AvgIpc) is 2.53. The van der Waals surface area contributed by atoms with E-state index in [0.717, 1.165) is 24.3 Å². The van der Waals surface area contributed by atoms with Gasteiger partial charge in [0.2, 0.25) is 0 Å². The van der Waals surface area contributed by atoms with Gasteiger partial charge in [0.1, 0.15) is 5.75 Å². The van der Waals surface area contributed by atoms with Gasteiger partial charge in [0.15, 0.2) is 0 Å². The standard InChI is InChI=1S/C18H17F3N2O3/c1-17(2,23-16(22)25)14-6-4-3-5-13(14)15(24)26-12-9-7-11(8-10-12)18(19,20)21/h3-10H,1-2H3,(H3,22,23,25). The zero-order valence-electron chi connectivity index (χ0n) is 14.1. The van der Waals surface area contributed by atoms with E-state index >= 15 is 0 Å². The molecule has 0 aliphatic rings. The number of rotatable bonds is 4. The van der Waals surface area contributed by atoms with Crippen LogP contribution in [0.1, 0.15) is 35.3 Å². The highest BCUT2D eigenvalue weighted by atomic mass is 19.4. The lowest BCUT2D eigenvalue weighted by Crippen LogP contribution is -2.44. The van der Waals surface area contributed by atoms with Gasteiger partial charge in [-0.05, 0) is 49.7 Å². The van der Waals surface area contributed by atoms with Crippen molar-refractivity contribution in [3.05, 3.63) is 65.2 Å². The first-order valence-electron chi connectivity index (χ1n) is 7.57. The molecule has 8 heteroatoms. The predicted octanol–water partition coefficient (Wildman–Crippen LogP) is 3.83. The molecule has 2 amide bonds. The first-order valence-corrected chi connectivity index (χ1v) is 7.57. The largest absolute Gasteiger partial charge is 0.423 e. The third kappa shape index (κ3) is 4.53. The summed E-state index contributed by atoms with van der Waals surface area (Å²) in [6.07, 6.45) is -4.47. The predicted molar refractivity (Wildman–Crippen MR) is 88.6 cm³/mol. The average molecular weight is 366 g/mol. The molecule has 0 bridgehead atoms. The summed E-state index contributed by atoms with van der Waals surface area (Å²) in [4.78, 5) is 23.6. The quantitative estimate of drug-likeness (QED) is 0.637. The SMILES string of the molecule is CC(C)(NC(N)=O)c1ccccc1C(=O)Oc1ccc(C(F)(F)F)cc1. The first-order chi connectivity index (χ1) is 12.0. The van der Waals surface area contributed by atoms with Gasteiger partial charge in [-0.2, -0.15) is 13.2 Å². The summed E-state index contributed by atoms with van der Waals surface area (Å²) in [7, 11) is 0. The molecule has 26 heavy (non-hydrogen) atoms. The maximum atomic E-state index is 12.6. The molecular weight excluding hydrogens is 349 g/mol. The number of carbonyl (C=O) groups excluding carboxylic acids is 2. The second-order valence-corrected chi connectivity index (χ2v) is 6.07. The van der Waals surface area contributed by atoms with Crippen molar-refractivity contribution in [1.29, 1.82) is 0 Å². The van der Waals surface area contributed by atoms with Crippen molar-refractivity contribution in [2.75, 3.05) is 0 Å². The maximum Gasteiger partial charge on any atom is 0.416 e. The molecule has 138 valence electrons. The fraction of sp³-hybridized carbons (Fsp3) is 0.222. The highest BCUT2D eigenvalue weighted by Crippen LogP contribution is 2.31. The number of hydrogen-bond acceptors (Lipinski definition) is 3. The molecule has 0 aromatic heterocycles. The molecule has 0 spiro atoms. The molecule has 0 aliphatic heterocycles. The lowest BCUT2D eigenvalue weighted by atomic mass is 9.90. The molecule has 0 fully saturated rings. The van der Waals surface area contributed by atoms with Crippen molar-refractivity contribution >= 4 is 12.0 Å². The van der Waals surface area contributed by atoms with Crippen LogP contribution in [0.4, 0.5) is 18.0 Å². The normalized spacial score (nSPS) is 11.7. The first kappa shape index (κ1) is 19.3. The van der Waals surface area contributed by atoms with Crippen molar-refractivity contribution < 1.29 is 27.5 Å². The Hall–Kier alpha value is -3.03. The van der Waals surface area contributed by atoms with Crippen LogP contribution in [0.5, 0.6) is 5.75 Å². The number of hydrogen-bond donors (Lipinski definition) is 2. The summed E-state index contributed by atoms with van der Waals surface area (Å²) in [5.74, 6) is -0.793. The van der Waals surface area contributed by atoms with Crippen LogP contribution in [-0.2, 0) is 11.7 Å². The molecule has 5 nitrogen and oxygen atoms in total. The zero-order chi connectivity index (χ0) is 19.5. The molecule has 0 unspecified atom stereocenters. The van der Waals surface area contributed by atoms with E-state index in [1.807, 2.05) is 0 Å². The Morgan fingerprint density at radius 1 is 1.00 bits per heavy atom. The van der Waals surface area contributed by atoms with E-state index in [-0.39, 0.29) is 11.3 Å². The van der Waals surface area contributed by atoms with Gasteiger partial charge in [0, 0.05) is 0 Å². The molecule has 2 aromatic carbocycles. The molecule has 0 heterocycles. The van der Waals surface area contributed by atoms with E-state index in [1.54, 1.807) is 32.0 Å². The van der Waals surface area contributed by atoms with E-state index < -0.39 is 29.3 Å². The number of amides is 2. The number of benzene rings is 2. The van der Waals surface area contributed by atoms with E-state index in [0.29, 0.717) is 5.56 Å². The fourth-order valence-electron chi connectivity index (χ4n) is 2.46. The van der Waals surface area contributed by atoms with Crippen LogP contribution in [-0.4, -0.2) is 12.0 Å². The second-order valence-electron chi connectivity index (χ2n) is 6.07. The van der Waals surface area contributed by atoms with Crippen LogP contribution in [0.3, 0.4) is 0 Å². The molecule has 0 saturated heterocycles. The van der Waals surface area contributed by atoms with Gasteiger partial charge >= 0.3 is 18.2 Å². The van der Waals surface area contributed by atoms with Crippen LogP contribution in [0.2, 0.25) is 0 Å². The van der Waals surface area contributed by atoms with Gasteiger partial charge in [-0.15, -0.1) is 0 Å². The summed E-state index contributed by atoms with van der Waals surface area (Å²) in [6, 6.07) is 9.42. The number of esters is 1. The fourth-order valence-corrected chi connectivity index (χ4v) is 2.46. The maximum absolute atomic E-state index is 12.6. The minimum Gasteiger partial charge on any atom is -0.423 e. The minimum atomic E-state index is -4.47. The van der Waals surface area contributed by atoms with Crippen LogP contribution in [0, 0.1) is 0 Å². The van der Waals surface area contributed by atoms with Gasteiger partial charge in [-0.3, -0.25) is 0 Å². The van der Waals surface area contributed by atoms with Crippen molar-refractivity contribution in [3.8, 4) is 5.75 Å². The number of nitrogens with one attached hydrogen (secondary N) is 1. The number of ether oxygens (including phenoxy) is 1. The number of carbonyl (C=O) groups is 2. The van der Waals surface area contributed by atoms with E-state index in [1.165, 1.54) is 6.07 Å². The number of urea groups is 1. The van der Waals surface area contributed by atoms with Gasteiger partial charge in [-0.1, -0.05) is 18.2 Å². The Morgan fingerprint density at radius 3 is 2.12 bits per heavy atom. The number of halogens is 3. The Labute approximate surface area is 148 Å². The molecule has 3 N–H and O–H groups in total. The highest BCUT2D eigenvalue weighted by Gasteiger charge is 2.30. The molecule has 0 saturated carbocycles. The molecular formula is C18H17F3N2O3. The minimum absolute atomic E-state index is 0.0292. The van der Waals surface area contributed by atoms with Crippen molar-refractivity contribution in [3.63, 3.8) is 0 Å². The molecule has 0 atom stereocenters. The topological polar surface area (TPSA) is 81.4 Å². The second kappa shape index (κ2) is 7.07. The number of alkyl halides is 3. The Kier molecular flexibility index (Phi) is 5.25. The molecule has 0 aliphatic carbocycles. The lowest BCUT2D eigenvalue weighted by molar-refractivity contribution is -0.137. The third-order valence-corrected chi connectivity index (χ3v) is 3.65. The van der Waals surface area contributed by atoms with Crippen LogP contribution >= 0.6 is 0 Å².